The summed E-state index contributed by atoms with van der Waals surface area (Å²) in [6, 6.07) is 9.50. The van der Waals surface area contributed by atoms with E-state index in [1.54, 1.807) is 18.2 Å². The first kappa shape index (κ1) is 14.4. The number of ether oxygens (including phenoxy) is 1. The quantitative estimate of drug-likeness (QED) is 0.817. The van der Waals surface area contributed by atoms with Gasteiger partial charge in [-0.3, -0.25) is 10.1 Å². The maximum atomic E-state index is 11.9. The molecule has 1 aromatic carbocycles. The Bertz CT molecular complexity index is 714. The number of amides is 3. The van der Waals surface area contributed by atoms with Gasteiger partial charge in [-0.25, -0.2) is 14.6 Å². The van der Waals surface area contributed by atoms with Crippen molar-refractivity contribution in [2.24, 2.45) is 5.73 Å². The molecule has 3 N–H and O–H groups in total. The summed E-state index contributed by atoms with van der Waals surface area (Å²) in [5.41, 5.74) is 5.53. The van der Waals surface area contributed by atoms with Crippen molar-refractivity contribution in [3.05, 3.63) is 42.1 Å². The highest BCUT2D eigenvalue weighted by Gasteiger charge is 2.20. The molecule has 0 aliphatic heterocycles. The number of carbonyl (C=O) groups is 3. The first-order chi connectivity index (χ1) is 9.97. The lowest BCUT2D eigenvalue weighted by atomic mass is 10.2. The van der Waals surface area contributed by atoms with E-state index in [1.165, 1.54) is 13.0 Å². The van der Waals surface area contributed by atoms with E-state index in [0.29, 0.717) is 5.52 Å². The van der Waals surface area contributed by atoms with E-state index in [2.05, 4.69) is 4.98 Å². The summed E-state index contributed by atoms with van der Waals surface area (Å²) in [6.07, 6.45) is -1.15. The number of aromatic nitrogens is 1. The number of nitrogens with two attached hydrogens (primary N) is 1. The third-order valence-electron chi connectivity index (χ3n) is 2.71. The lowest BCUT2D eigenvalue weighted by Gasteiger charge is -2.11. The van der Waals surface area contributed by atoms with Gasteiger partial charge in [-0.2, -0.15) is 0 Å². The molecule has 7 nitrogen and oxygen atoms in total. The number of nitrogens with one attached hydrogen (secondary N) is 1. The van der Waals surface area contributed by atoms with Crippen LogP contribution < -0.4 is 11.1 Å². The minimum atomic E-state index is -1.15. The molecule has 1 atom stereocenters. The monoisotopic (exact) mass is 287 g/mol. The Labute approximate surface area is 120 Å². The number of imide groups is 1. The highest BCUT2D eigenvalue weighted by atomic mass is 16.5. The molecule has 2 aromatic rings. The van der Waals surface area contributed by atoms with Gasteiger partial charge >= 0.3 is 12.0 Å². The molecule has 2 rings (SSSR count). The maximum absolute atomic E-state index is 11.9. The summed E-state index contributed by atoms with van der Waals surface area (Å²) >= 11 is 0. The van der Waals surface area contributed by atoms with Crippen LogP contribution >= 0.6 is 0 Å². The summed E-state index contributed by atoms with van der Waals surface area (Å²) in [5, 5.41) is 2.71. The van der Waals surface area contributed by atoms with Crippen molar-refractivity contribution >= 4 is 28.8 Å². The molecule has 0 radical (unpaired) electrons. The molecule has 108 valence electrons. The number of para-hydroxylation sites is 1. The Hall–Kier alpha value is -2.96. The van der Waals surface area contributed by atoms with E-state index in [4.69, 9.17) is 10.5 Å². The first-order valence-corrected chi connectivity index (χ1v) is 6.14. The molecule has 0 aliphatic carbocycles. The maximum Gasteiger partial charge on any atom is 0.357 e. The lowest BCUT2D eigenvalue weighted by molar-refractivity contribution is -0.127. The minimum absolute atomic E-state index is 0.0763. The molecule has 1 heterocycles. The largest absolute Gasteiger partial charge is 0.448 e. The zero-order chi connectivity index (χ0) is 15.4. The van der Waals surface area contributed by atoms with Crippen molar-refractivity contribution in [3.63, 3.8) is 0 Å². The Morgan fingerprint density at radius 2 is 1.90 bits per heavy atom. The van der Waals surface area contributed by atoms with Crippen LogP contribution in [0.15, 0.2) is 36.4 Å². The molecule has 21 heavy (non-hydrogen) atoms. The highest BCUT2D eigenvalue weighted by Crippen LogP contribution is 2.12. The molecule has 0 spiro atoms. The van der Waals surface area contributed by atoms with Gasteiger partial charge in [-0.1, -0.05) is 24.3 Å². The van der Waals surface area contributed by atoms with Crippen molar-refractivity contribution in [1.29, 1.82) is 0 Å². The van der Waals surface area contributed by atoms with E-state index in [0.717, 1.165) is 5.39 Å². The molecule has 0 saturated carbocycles. The predicted molar refractivity (Wildman–Crippen MR) is 74.3 cm³/mol. The summed E-state index contributed by atoms with van der Waals surface area (Å²) < 4.78 is 4.93. The molecular formula is C14H13N3O4. The van der Waals surface area contributed by atoms with Crippen LogP contribution in [0.3, 0.4) is 0 Å². The second kappa shape index (κ2) is 6.00. The summed E-state index contributed by atoms with van der Waals surface area (Å²) in [7, 11) is 0. The van der Waals surface area contributed by atoms with Gasteiger partial charge in [0.25, 0.3) is 5.91 Å². The van der Waals surface area contributed by atoms with Crippen molar-refractivity contribution in [2.45, 2.75) is 13.0 Å². The number of carbonyl (C=O) groups excluding carboxylic acids is 3. The van der Waals surface area contributed by atoms with Crippen molar-refractivity contribution in [2.75, 3.05) is 0 Å². The number of rotatable bonds is 3. The Balaban J connectivity index is 2.11. The van der Waals surface area contributed by atoms with Crippen molar-refractivity contribution in [1.82, 2.24) is 10.3 Å². The molecule has 0 aliphatic rings. The zero-order valence-corrected chi connectivity index (χ0v) is 11.2. The topological polar surface area (TPSA) is 111 Å². The standard InChI is InChI=1S/C14H13N3O4/c1-8(12(18)17-14(15)20)21-13(19)11-7-6-9-4-2-3-5-10(9)16-11/h2-8H,1H3,(H3,15,17,18,20)/t8-/m0/s1. The average molecular weight is 287 g/mol. The average Bonchev–Trinajstić information content (AvgIpc) is 2.45. The highest BCUT2D eigenvalue weighted by molar-refractivity contribution is 5.98. The minimum Gasteiger partial charge on any atom is -0.448 e. The Morgan fingerprint density at radius 1 is 1.19 bits per heavy atom. The lowest BCUT2D eigenvalue weighted by Crippen LogP contribution is -2.42. The second-order valence-electron chi connectivity index (χ2n) is 4.29. The van der Waals surface area contributed by atoms with Crippen LogP contribution in [0.1, 0.15) is 17.4 Å². The SMILES string of the molecule is C[C@H](OC(=O)c1ccc2ccccc2n1)C(=O)NC(N)=O. The number of primary amides is 1. The van der Waals surface area contributed by atoms with Gasteiger partial charge in [0.2, 0.25) is 0 Å². The van der Waals surface area contributed by atoms with Gasteiger partial charge in [0, 0.05) is 5.39 Å². The van der Waals surface area contributed by atoms with Crippen LogP contribution in [-0.4, -0.2) is 29.0 Å². The van der Waals surface area contributed by atoms with E-state index < -0.39 is 24.0 Å². The smallest absolute Gasteiger partial charge is 0.357 e. The molecule has 0 unspecified atom stereocenters. The number of urea groups is 1. The predicted octanol–water partition coefficient (Wildman–Crippen LogP) is 0.975. The number of fused-ring (bicyclic) bond motifs is 1. The zero-order valence-electron chi connectivity index (χ0n) is 11.2. The van der Waals surface area contributed by atoms with Crippen LogP contribution in [0, 0.1) is 0 Å². The van der Waals surface area contributed by atoms with Crippen molar-refractivity contribution < 1.29 is 19.1 Å². The first-order valence-electron chi connectivity index (χ1n) is 6.14. The number of hydrogen-bond acceptors (Lipinski definition) is 5. The van der Waals surface area contributed by atoms with E-state index in [1.807, 2.05) is 17.4 Å². The van der Waals surface area contributed by atoms with Crippen LogP contribution in [0.25, 0.3) is 10.9 Å². The van der Waals surface area contributed by atoms with E-state index in [9.17, 15) is 14.4 Å². The molecule has 7 heteroatoms. The number of hydrogen-bond donors (Lipinski definition) is 2. The molecule has 3 amide bonds. The second-order valence-corrected chi connectivity index (χ2v) is 4.29. The molecule has 0 fully saturated rings. The molecule has 0 bridgehead atoms. The third kappa shape index (κ3) is 3.53. The molecular weight excluding hydrogens is 274 g/mol. The van der Waals surface area contributed by atoms with E-state index >= 15 is 0 Å². The van der Waals surface area contributed by atoms with Gasteiger partial charge in [0.15, 0.2) is 6.10 Å². The third-order valence-corrected chi connectivity index (χ3v) is 2.71. The number of esters is 1. The Morgan fingerprint density at radius 3 is 2.62 bits per heavy atom. The summed E-state index contributed by atoms with van der Waals surface area (Å²) in [4.78, 5) is 38.0. The van der Waals surface area contributed by atoms with Gasteiger partial charge in [0.05, 0.1) is 5.52 Å². The number of benzene rings is 1. The molecule has 0 saturated heterocycles. The van der Waals surface area contributed by atoms with Crippen LogP contribution in [0.4, 0.5) is 4.79 Å². The fourth-order valence-corrected chi connectivity index (χ4v) is 1.68. The summed E-state index contributed by atoms with van der Waals surface area (Å²) in [6.45, 7) is 1.33. The normalized spacial score (nSPS) is 11.7. The van der Waals surface area contributed by atoms with Crippen LogP contribution in [-0.2, 0) is 9.53 Å². The van der Waals surface area contributed by atoms with E-state index in [-0.39, 0.29) is 5.69 Å². The van der Waals surface area contributed by atoms with Crippen LogP contribution in [0.2, 0.25) is 0 Å². The fourth-order valence-electron chi connectivity index (χ4n) is 1.68. The number of nitrogens with zero attached hydrogens (tertiary/aromatic N) is 1. The van der Waals surface area contributed by atoms with Crippen molar-refractivity contribution in [3.8, 4) is 0 Å². The van der Waals surface area contributed by atoms with Gasteiger partial charge in [-0.05, 0) is 19.1 Å². The summed E-state index contributed by atoms with van der Waals surface area (Å²) in [5.74, 6) is -1.55. The van der Waals surface area contributed by atoms with Gasteiger partial charge < -0.3 is 10.5 Å². The van der Waals surface area contributed by atoms with Gasteiger partial charge in [0.1, 0.15) is 5.69 Å². The number of pyridine rings is 1. The Kier molecular flexibility index (Phi) is 4.13. The van der Waals surface area contributed by atoms with Gasteiger partial charge in [-0.15, -0.1) is 0 Å². The fraction of sp³-hybridized carbons (Fsp3) is 0.143. The molecule has 1 aromatic heterocycles. The van der Waals surface area contributed by atoms with Crippen LogP contribution in [0.5, 0.6) is 0 Å².